The van der Waals surface area contributed by atoms with Gasteiger partial charge < -0.3 is 10.1 Å². The molecular formula is C13H16BrF2NO2. The molecule has 0 saturated heterocycles. The van der Waals surface area contributed by atoms with Crippen molar-refractivity contribution in [2.75, 3.05) is 0 Å². The van der Waals surface area contributed by atoms with Crippen LogP contribution in [-0.4, -0.2) is 22.9 Å². The standard InChI is InChI=1S/C13H16BrF2NO2/c1-8(14)13(2,3)17-11(18)9-6-4-5-7-10(9)19-12(15)16/h4-8,12H,1-3H3,(H,17,18). The Bertz CT molecular complexity index is 450. The molecule has 3 nitrogen and oxygen atoms in total. The molecule has 1 N–H and O–H groups in total. The monoisotopic (exact) mass is 335 g/mol. The quantitative estimate of drug-likeness (QED) is 0.835. The summed E-state index contributed by atoms with van der Waals surface area (Å²) in [4.78, 5) is 12.1. The molecule has 106 valence electrons. The van der Waals surface area contributed by atoms with Crippen LogP contribution in [-0.2, 0) is 0 Å². The smallest absolute Gasteiger partial charge is 0.387 e. The predicted molar refractivity (Wildman–Crippen MR) is 73.0 cm³/mol. The van der Waals surface area contributed by atoms with Crippen molar-refractivity contribution in [2.24, 2.45) is 0 Å². The molecule has 0 aromatic heterocycles. The van der Waals surface area contributed by atoms with Gasteiger partial charge in [0.15, 0.2) is 0 Å². The van der Waals surface area contributed by atoms with E-state index in [2.05, 4.69) is 26.0 Å². The van der Waals surface area contributed by atoms with Crippen LogP contribution < -0.4 is 10.1 Å². The third kappa shape index (κ3) is 4.45. The summed E-state index contributed by atoms with van der Waals surface area (Å²) < 4.78 is 28.9. The fourth-order valence-corrected chi connectivity index (χ4v) is 1.43. The van der Waals surface area contributed by atoms with Crippen LogP contribution in [0.25, 0.3) is 0 Å². The number of nitrogens with one attached hydrogen (secondary N) is 1. The molecule has 19 heavy (non-hydrogen) atoms. The zero-order valence-corrected chi connectivity index (χ0v) is 12.5. The molecule has 0 fully saturated rings. The van der Waals surface area contributed by atoms with Gasteiger partial charge in [0.1, 0.15) is 5.75 Å². The first-order chi connectivity index (χ1) is 8.74. The van der Waals surface area contributed by atoms with Crippen LogP contribution in [0.2, 0.25) is 0 Å². The number of carbonyl (C=O) groups is 1. The van der Waals surface area contributed by atoms with E-state index in [1.54, 1.807) is 6.07 Å². The maximum atomic E-state index is 12.3. The van der Waals surface area contributed by atoms with Gasteiger partial charge in [-0.3, -0.25) is 4.79 Å². The molecule has 0 bridgehead atoms. The van der Waals surface area contributed by atoms with Gasteiger partial charge in [0, 0.05) is 10.4 Å². The topological polar surface area (TPSA) is 38.3 Å². The van der Waals surface area contributed by atoms with E-state index in [4.69, 9.17) is 0 Å². The van der Waals surface area contributed by atoms with E-state index in [0.29, 0.717) is 0 Å². The SMILES string of the molecule is CC(Br)C(C)(C)NC(=O)c1ccccc1OC(F)F. The highest BCUT2D eigenvalue weighted by Crippen LogP contribution is 2.22. The summed E-state index contributed by atoms with van der Waals surface area (Å²) in [6.45, 7) is 2.60. The maximum Gasteiger partial charge on any atom is 0.387 e. The Morgan fingerprint density at radius 1 is 1.37 bits per heavy atom. The van der Waals surface area contributed by atoms with Crippen LogP contribution >= 0.6 is 15.9 Å². The summed E-state index contributed by atoms with van der Waals surface area (Å²) in [5.41, 5.74) is -0.432. The first-order valence-corrected chi connectivity index (χ1v) is 6.66. The van der Waals surface area contributed by atoms with Crippen molar-refractivity contribution >= 4 is 21.8 Å². The molecule has 0 radical (unpaired) electrons. The van der Waals surface area contributed by atoms with Gasteiger partial charge in [0.25, 0.3) is 5.91 Å². The van der Waals surface area contributed by atoms with E-state index in [1.165, 1.54) is 18.2 Å². The molecule has 0 aliphatic heterocycles. The van der Waals surface area contributed by atoms with Crippen molar-refractivity contribution in [3.05, 3.63) is 29.8 Å². The number of benzene rings is 1. The Kier molecular flexibility index (Phi) is 5.29. The van der Waals surface area contributed by atoms with Crippen molar-refractivity contribution in [3.8, 4) is 5.75 Å². The average Bonchev–Trinajstić information content (AvgIpc) is 2.27. The summed E-state index contributed by atoms with van der Waals surface area (Å²) in [5.74, 6) is -0.583. The Morgan fingerprint density at radius 3 is 2.47 bits per heavy atom. The number of hydrogen-bond acceptors (Lipinski definition) is 2. The van der Waals surface area contributed by atoms with E-state index in [9.17, 15) is 13.6 Å². The molecule has 1 aromatic carbocycles. The van der Waals surface area contributed by atoms with Crippen LogP contribution in [0.1, 0.15) is 31.1 Å². The highest BCUT2D eigenvalue weighted by molar-refractivity contribution is 9.09. The van der Waals surface area contributed by atoms with Gasteiger partial charge in [-0.15, -0.1) is 0 Å². The Hall–Kier alpha value is -1.17. The lowest BCUT2D eigenvalue weighted by Crippen LogP contribution is -2.48. The van der Waals surface area contributed by atoms with Gasteiger partial charge >= 0.3 is 6.61 Å². The van der Waals surface area contributed by atoms with Gasteiger partial charge in [-0.1, -0.05) is 35.0 Å². The highest BCUT2D eigenvalue weighted by Gasteiger charge is 2.27. The number of hydrogen-bond donors (Lipinski definition) is 1. The van der Waals surface area contributed by atoms with Crippen molar-refractivity contribution < 1.29 is 18.3 Å². The van der Waals surface area contributed by atoms with Gasteiger partial charge in [0.05, 0.1) is 5.56 Å². The third-order valence-corrected chi connectivity index (χ3v) is 3.92. The molecule has 0 aliphatic carbocycles. The average molecular weight is 336 g/mol. The first-order valence-electron chi connectivity index (χ1n) is 5.74. The number of alkyl halides is 3. The highest BCUT2D eigenvalue weighted by atomic mass is 79.9. The van der Waals surface area contributed by atoms with Crippen LogP contribution in [0.15, 0.2) is 24.3 Å². The van der Waals surface area contributed by atoms with Gasteiger partial charge in [-0.2, -0.15) is 8.78 Å². The minimum Gasteiger partial charge on any atom is -0.434 e. The minimum absolute atomic E-state index is 0.0205. The van der Waals surface area contributed by atoms with E-state index in [-0.39, 0.29) is 16.1 Å². The molecule has 0 heterocycles. The molecule has 6 heteroatoms. The van der Waals surface area contributed by atoms with Gasteiger partial charge in [0.2, 0.25) is 0 Å². The second kappa shape index (κ2) is 6.32. The third-order valence-electron chi connectivity index (χ3n) is 2.78. The number of ether oxygens (including phenoxy) is 1. The van der Waals surface area contributed by atoms with Gasteiger partial charge in [-0.25, -0.2) is 0 Å². The zero-order valence-electron chi connectivity index (χ0n) is 10.9. The van der Waals surface area contributed by atoms with Crippen LogP contribution in [0.4, 0.5) is 8.78 Å². The molecule has 0 saturated carbocycles. The second-order valence-corrected chi connectivity index (χ2v) is 6.04. The Labute approximate surface area is 119 Å². The summed E-state index contributed by atoms with van der Waals surface area (Å²) in [6.07, 6.45) is 0. The van der Waals surface area contributed by atoms with E-state index >= 15 is 0 Å². The van der Waals surface area contributed by atoms with E-state index in [1.807, 2.05) is 20.8 Å². The largest absolute Gasteiger partial charge is 0.434 e. The lowest BCUT2D eigenvalue weighted by molar-refractivity contribution is -0.0501. The molecular weight excluding hydrogens is 320 g/mol. The summed E-state index contributed by atoms with van der Waals surface area (Å²) in [5, 5.41) is 2.77. The summed E-state index contributed by atoms with van der Waals surface area (Å²) in [6, 6.07) is 5.91. The molecule has 0 aliphatic rings. The van der Waals surface area contributed by atoms with E-state index < -0.39 is 18.1 Å². The Balaban J connectivity index is 2.94. The normalized spacial score (nSPS) is 13.2. The minimum atomic E-state index is -2.96. The molecule has 1 amide bonds. The summed E-state index contributed by atoms with van der Waals surface area (Å²) in [7, 11) is 0. The van der Waals surface area contributed by atoms with Crippen molar-refractivity contribution in [3.63, 3.8) is 0 Å². The zero-order chi connectivity index (χ0) is 14.6. The van der Waals surface area contributed by atoms with Crippen molar-refractivity contribution in [1.29, 1.82) is 0 Å². The molecule has 1 unspecified atom stereocenters. The lowest BCUT2D eigenvalue weighted by atomic mass is 10.0. The van der Waals surface area contributed by atoms with Crippen molar-refractivity contribution in [2.45, 2.75) is 37.7 Å². The molecule has 1 aromatic rings. The van der Waals surface area contributed by atoms with Gasteiger partial charge in [-0.05, 0) is 26.0 Å². The predicted octanol–water partition coefficient (Wildman–Crippen LogP) is 3.58. The fourth-order valence-electron chi connectivity index (χ4n) is 1.31. The fraction of sp³-hybridized carbons (Fsp3) is 0.462. The number of carbonyl (C=O) groups excluding carboxylic acids is 1. The number of amides is 1. The number of rotatable bonds is 5. The number of para-hydroxylation sites is 1. The lowest BCUT2D eigenvalue weighted by Gasteiger charge is -2.29. The maximum absolute atomic E-state index is 12.3. The molecule has 0 spiro atoms. The van der Waals surface area contributed by atoms with E-state index in [0.717, 1.165) is 0 Å². The number of halogens is 3. The molecule has 1 rings (SSSR count). The van der Waals surface area contributed by atoms with Crippen LogP contribution in [0.3, 0.4) is 0 Å². The van der Waals surface area contributed by atoms with Crippen LogP contribution in [0, 0.1) is 0 Å². The summed E-state index contributed by atoms with van der Waals surface area (Å²) >= 11 is 3.39. The first kappa shape index (κ1) is 15.9. The van der Waals surface area contributed by atoms with Crippen molar-refractivity contribution in [1.82, 2.24) is 5.32 Å². The van der Waals surface area contributed by atoms with Crippen LogP contribution in [0.5, 0.6) is 5.75 Å². The Morgan fingerprint density at radius 2 is 1.95 bits per heavy atom. The second-order valence-electron chi connectivity index (χ2n) is 4.67. The molecule has 1 atom stereocenters.